The summed E-state index contributed by atoms with van der Waals surface area (Å²) in [7, 11) is 0. The fourth-order valence-electron chi connectivity index (χ4n) is 0.592. The Hall–Kier alpha value is -0.550. The van der Waals surface area contributed by atoms with Gasteiger partial charge in [0.15, 0.2) is 0 Å². The number of aryl methyl sites for hydroxylation is 1. The number of nitrogens with zero attached hydrogens (tertiary/aromatic N) is 2. The average Bonchev–Trinajstić information content (AvgIpc) is 2.35. The lowest BCUT2D eigenvalue weighted by Crippen LogP contribution is -2.26. The van der Waals surface area contributed by atoms with Gasteiger partial charge in [-0.2, -0.15) is 0 Å². The zero-order valence-electron chi connectivity index (χ0n) is 7.44. The number of rotatable bonds is 3. The van der Waals surface area contributed by atoms with Gasteiger partial charge in [-0.15, -0.1) is 10.2 Å². The average molecular weight is 187 g/mol. The molecule has 0 fully saturated rings. The third-order valence-corrected chi connectivity index (χ3v) is 2.70. The molecule has 1 aromatic heterocycles. The molecule has 0 aliphatic heterocycles. The van der Waals surface area contributed by atoms with Crippen LogP contribution in [0.5, 0.6) is 0 Å². The number of hydrogen-bond donors (Lipinski definition) is 1. The first-order valence-electron chi connectivity index (χ1n) is 3.82. The first-order chi connectivity index (χ1) is 5.59. The third-order valence-electron chi connectivity index (χ3n) is 1.53. The maximum atomic E-state index is 5.68. The molecule has 0 amide bonds. The molecule has 5 heteroatoms. The quantitative estimate of drug-likeness (QED) is 0.720. The maximum Gasteiger partial charge on any atom is 0.276 e. The number of aromatic nitrogens is 2. The molecule has 0 bridgehead atoms. The fourth-order valence-corrected chi connectivity index (χ4v) is 1.38. The Bertz CT molecular complexity index is 249. The summed E-state index contributed by atoms with van der Waals surface area (Å²) in [5.74, 6) is 0.592. The lowest BCUT2D eigenvalue weighted by atomic mass is 10.3. The van der Waals surface area contributed by atoms with Crippen LogP contribution >= 0.6 is 11.8 Å². The van der Waals surface area contributed by atoms with Gasteiger partial charge in [0.05, 0.1) is 0 Å². The molecule has 2 unspecified atom stereocenters. The van der Waals surface area contributed by atoms with E-state index >= 15 is 0 Å². The number of nitrogens with two attached hydrogens (primary N) is 1. The van der Waals surface area contributed by atoms with Crippen molar-refractivity contribution in [2.75, 3.05) is 0 Å². The summed E-state index contributed by atoms with van der Waals surface area (Å²) >= 11 is 1.51. The molecule has 2 N–H and O–H groups in total. The lowest BCUT2D eigenvalue weighted by molar-refractivity contribution is 0.428. The van der Waals surface area contributed by atoms with Crippen molar-refractivity contribution >= 4 is 11.8 Å². The van der Waals surface area contributed by atoms with Crippen LogP contribution in [0.4, 0.5) is 0 Å². The number of thioether (sulfide) groups is 1. The molecule has 0 aromatic carbocycles. The molecule has 1 rings (SSSR count). The first kappa shape index (κ1) is 9.54. The molecule has 2 atom stereocenters. The maximum absolute atomic E-state index is 5.68. The second-order valence-corrected chi connectivity index (χ2v) is 4.10. The van der Waals surface area contributed by atoms with E-state index in [1.165, 1.54) is 11.8 Å². The van der Waals surface area contributed by atoms with Gasteiger partial charge in [-0.3, -0.25) is 0 Å². The van der Waals surface area contributed by atoms with Crippen molar-refractivity contribution in [3.8, 4) is 0 Å². The third kappa shape index (κ3) is 2.49. The highest BCUT2D eigenvalue weighted by Crippen LogP contribution is 2.22. The largest absolute Gasteiger partial charge is 0.416 e. The Morgan fingerprint density at radius 3 is 2.50 bits per heavy atom. The van der Waals surface area contributed by atoms with E-state index in [1.54, 1.807) is 6.92 Å². The van der Waals surface area contributed by atoms with Crippen LogP contribution in [0, 0.1) is 6.92 Å². The molecule has 0 saturated carbocycles. The molecule has 0 saturated heterocycles. The highest BCUT2D eigenvalue weighted by molar-refractivity contribution is 7.99. The lowest BCUT2D eigenvalue weighted by Gasteiger charge is -2.11. The minimum atomic E-state index is 0.127. The molecule has 0 spiro atoms. The molecule has 1 heterocycles. The van der Waals surface area contributed by atoms with Crippen LogP contribution in [-0.2, 0) is 0 Å². The Labute approximate surface area is 75.9 Å². The van der Waals surface area contributed by atoms with Crippen LogP contribution in [0.1, 0.15) is 19.7 Å². The SMILES string of the molecule is Cc1nnc(SC(C)C(C)N)o1. The van der Waals surface area contributed by atoms with Crippen LogP contribution in [0.2, 0.25) is 0 Å². The monoisotopic (exact) mass is 187 g/mol. The summed E-state index contributed by atoms with van der Waals surface area (Å²) in [4.78, 5) is 0. The van der Waals surface area contributed by atoms with Gasteiger partial charge in [0, 0.05) is 18.2 Å². The molecule has 0 aliphatic rings. The standard InChI is InChI=1S/C7H13N3OS/c1-4(8)5(2)12-7-10-9-6(3)11-7/h4-5H,8H2,1-3H3. The van der Waals surface area contributed by atoms with E-state index < -0.39 is 0 Å². The van der Waals surface area contributed by atoms with E-state index in [0.717, 1.165) is 0 Å². The van der Waals surface area contributed by atoms with E-state index in [0.29, 0.717) is 16.4 Å². The number of hydrogen-bond acceptors (Lipinski definition) is 5. The van der Waals surface area contributed by atoms with Crippen LogP contribution in [0.3, 0.4) is 0 Å². The van der Waals surface area contributed by atoms with Crippen molar-refractivity contribution in [2.45, 2.75) is 37.3 Å². The Morgan fingerprint density at radius 1 is 1.42 bits per heavy atom. The van der Waals surface area contributed by atoms with E-state index in [9.17, 15) is 0 Å². The van der Waals surface area contributed by atoms with E-state index in [2.05, 4.69) is 10.2 Å². The van der Waals surface area contributed by atoms with Gasteiger partial charge >= 0.3 is 0 Å². The Morgan fingerprint density at radius 2 is 2.08 bits per heavy atom. The highest BCUT2D eigenvalue weighted by atomic mass is 32.2. The van der Waals surface area contributed by atoms with Crippen molar-refractivity contribution in [1.29, 1.82) is 0 Å². The van der Waals surface area contributed by atoms with E-state index in [-0.39, 0.29) is 6.04 Å². The molecule has 68 valence electrons. The van der Waals surface area contributed by atoms with Gasteiger partial charge in [-0.05, 0) is 6.92 Å². The summed E-state index contributed by atoms with van der Waals surface area (Å²) in [5, 5.41) is 8.47. The van der Waals surface area contributed by atoms with Crippen molar-refractivity contribution in [3.05, 3.63) is 5.89 Å². The smallest absolute Gasteiger partial charge is 0.276 e. The van der Waals surface area contributed by atoms with Gasteiger partial charge in [-0.1, -0.05) is 18.7 Å². The molecule has 4 nitrogen and oxygen atoms in total. The Kier molecular flexibility index (Phi) is 3.11. The van der Waals surface area contributed by atoms with Gasteiger partial charge < -0.3 is 10.2 Å². The van der Waals surface area contributed by atoms with Crippen molar-refractivity contribution in [2.24, 2.45) is 5.73 Å². The summed E-state index contributed by atoms with van der Waals surface area (Å²) in [6.45, 7) is 5.77. The van der Waals surface area contributed by atoms with Gasteiger partial charge in [0.2, 0.25) is 5.89 Å². The first-order valence-corrected chi connectivity index (χ1v) is 4.70. The highest BCUT2D eigenvalue weighted by Gasteiger charge is 2.12. The second-order valence-electron chi connectivity index (χ2n) is 2.77. The molecule has 12 heavy (non-hydrogen) atoms. The molecule has 0 aliphatic carbocycles. The Balaban J connectivity index is 2.52. The van der Waals surface area contributed by atoms with Crippen LogP contribution in [-0.4, -0.2) is 21.5 Å². The van der Waals surface area contributed by atoms with Crippen LogP contribution in [0.25, 0.3) is 0 Å². The zero-order chi connectivity index (χ0) is 9.14. The van der Waals surface area contributed by atoms with Gasteiger partial charge in [0.25, 0.3) is 5.22 Å². The normalized spacial score (nSPS) is 16.0. The summed E-state index contributed by atoms with van der Waals surface area (Å²) in [5.41, 5.74) is 5.68. The summed E-state index contributed by atoms with van der Waals surface area (Å²) < 4.78 is 5.19. The second kappa shape index (κ2) is 3.91. The van der Waals surface area contributed by atoms with Crippen LogP contribution in [0.15, 0.2) is 9.64 Å². The molecule has 1 aromatic rings. The van der Waals surface area contributed by atoms with Crippen LogP contribution < -0.4 is 5.73 Å². The van der Waals surface area contributed by atoms with Crippen molar-refractivity contribution in [1.82, 2.24) is 10.2 Å². The van der Waals surface area contributed by atoms with Gasteiger partial charge in [-0.25, -0.2) is 0 Å². The van der Waals surface area contributed by atoms with Crippen molar-refractivity contribution < 1.29 is 4.42 Å². The molecular formula is C7H13N3OS. The van der Waals surface area contributed by atoms with Gasteiger partial charge in [0.1, 0.15) is 0 Å². The summed E-state index contributed by atoms with van der Waals surface area (Å²) in [6.07, 6.45) is 0. The molecular weight excluding hydrogens is 174 g/mol. The minimum Gasteiger partial charge on any atom is -0.416 e. The fraction of sp³-hybridized carbons (Fsp3) is 0.714. The molecule has 0 radical (unpaired) electrons. The predicted molar refractivity (Wildman–Crippen MR) is 48.0 cm³/mol. The summed E-state index contributed by atoms with van der Waals surface area (Å²) in [6, 6.07) is 0.127. The van der Waals surface area contributed by atoms with Crippen molar-refractivity contribution in [3.63, 3.8) is 0 Å². The van der Waals surface area contributed by atoms with E-state index in [1.807, 2.05) is 13.8 Å². The zero-order valence-corrected chi connectivity index (χ0v) is 8.26. The minimum absolute atomic E-state index is 0.127. The van der Waals surface area contributed by atoms with E-state index in [4.69, 9.17) is 10.2 Å². The topological polar surface area (TPSA) is 64.9 Å². The predicted octanol–water partition coefficient (Wildman–Crippen LogP) is 1.21.